The Morgan fingerprint density at radius 3 is 2.87 bits per heavy atom. The zero-order valence-electron chi connectivity index (χ0n) is 12.5. The maximum atomic E-state index is 13.1. The highest BCUT2D eigenvalue weighted by atomic mass is 79.9. The van der Waals surface area contributed by atoms with Crippen molar-refractivity contribution in [3.05, 3.63) is 40.6 Å². The Bertz CT molecular complexity index is 704. The first kappa shape index (κ1) is 15.9. The number of carbonyl (C=O) groups excluding carboxylic acids is 1. The summed E-state index contributed by atoms with van der Waals surface area (Å²) in [5.41, 5.74) is -0.495. The summed E-state index contributed by atoms with van der Waals surface area (Å²) in [7, 11) is 0. The summed E-state index contributed by atoms with van der Waals surface area (Å²) in [5.74, 6) is 0.445. The topological polar surface area (TPSA) is 79.9 Å². The smallest absolute Gasteiger partial charge is 0.261 e. The summed E-state index contributed by atoms with van der Waals surface area (Å²) in [4.78, 5) is 16.6. The van der Waals surface area contributed by atoms with Crippen LogP contribution >= 0.6 is 15.9 Å². The number of carbonyl (C=O) groups is 1. The number of hydrogen-bond acceptors (Lipinski definition) is 4. The van der Waals surface area contributed by atoms with E-state index in [2.05, 4.69) is 36.4 Å². The molecule has 8 heteroatoms. The number of H-pyrrole nitrogens is 1. The van der Waals surface area contributed by atoms with Gasteiger partial charge in [0.1, 0.15) is 23.7 Å². The number of ether oxygens (including phenoxy) is 1. The summed E-state index contributed by atoms with van der Waals surface area (Å²) in [6.45, 7) is 1.65. The second-order valence-corrected chi connectivity index (χ2v) is 6.45. The fourth-order valence-corrected chi connectivity index (χ4v) is 2.98. The van der Waals surface area contributed by atoms with Crippen LogP contribution in [0.4, 0.5) is 4.39 Å². The minimum atomic E-state index is -0.725. The molecule has 1 fully saturated rings. The lowest BCUT2D eigenvalue weighted by molar-refractivity contribution is -0.130. The zero-order valence-corrected chi connectivity index (χ0v) is 14.1. The van der Waals surface area contributed by atoms with Gasteiger partial charge >= 0.3 is 0 Å². The highest BCUT2D eigenvalue weighted by Gasteiger charge is 2.43. The molecule has 3 rings (SSSR count). The molecular formula is C15H16BrFN4O2. The molecule has 1 aliphatic carbocycles. The van der Waals surface area contributed by atoms with Gasteiger partial charge in [0.25, 0.3) is 5.91 Å². The van der Waals surface area contributed by atoms with Crippen LogP contribution in [0, 0.1) is 5.82 Å². The Hall–Kier alpha value is -1.96. The summed E-state index contributed by atoms with van der Waals surface area (Å²) in [5, 5.41) is 9.67. The molecule has 0 radical (unpaired) electrons. The zero-order chi connectivity index (χ0) is 16.4. The molecule has 1 saturated carbocycles. The van der Waals surface area contributed by atoms with Crippen molar-refractivity contribution >= 4 is 21.8 Å². The monoisotopic (exact) mass is 382 g/mol. The van der Waals surface area contributed by atoms with Gasteiger partial charge < -0.3 is 10.1 Å². The average Bonchev–Trinajstić information content (AvgIpc) is 3.00. The molecule has 0 aliphatic heterocycles. The van der Waals surface area contributed by atoms with E-state index >= 15 is 0 Å². The number of amides is 1. The van der Waals surface area contributed by atoms with Crippen LogP contribution in [0.1, 0.15) is 32.0 Å². The standard InChI is InChI=1S/C15H16BrFN4O2/c1-9(23-12-4-3-10(17)7-11(12)16)13(22)20-15(5-2-6-15)14-18-8-19-21-14/h3-4,7-9H,2,5-6H2,1H3,(H,20,22)(H,18,19,21)/t9-/m1/s1. The van der Waals surface area contributed by atoms with Gasteiger partial charge in [0.15, 0.2) is 6.10 Å². The van der Waals surface area contributed by atoms with E-state index in [1.54, 1.807) is 6.92 Å². The highest BCUT2D eigenvalue weighted by molar-refractivity contribution is 9.10. The first-order chi connectivity index (χ1) is 11.0. The molecule has 1 heterocycles. The molecule has 0 spiro atoms. The largest absolute Gasteiger partial charge is 0.480 e. The van der Waals surface area contributed by atoms with E-state index < -0.39 is 11.6 Å². The number of nitrogens with one attached hydrogen (secondary N) is 2. The molecular weight excluding hydrogens is 367 g/mol. The molecule has 1 aromatic carbocycles. The molecule has 2 N–H and O–H groups in total. The normalized spacial score (nSPS) is 17.2. The van der Waals surface area contributed by atoms with Crippen molar-refractivity contribution in [3.63, 3.8) is 0 Å². The number of aromatic nitrogens is 3. The van der Waals surface area contributed by atoms with Gasteiger partial charge in [-0.05, 0) is 60.3 Å². The van der Waals surface area contributed by atoms with Crippen LogP contribution in [-0.2, 0) is 10.3 Å². The number of aromatic amines is 1. The van der Waals surface area contributed by atoms with E-state index in [4.69, 9.17) is 4.74 Å². The van der Waals surface area contributed by atoms with Crippen LogP contribution in [-0.4, -0.2) is 27.2 Å². The molecule has 0 unspecified atom stereocenters. The molecule has 2 aromatic rings. The first-order valence-corrected chi connectivity index (χ1v) is 8.09. The fourth-order valence-electron chi connectivity index (χ4n) is 2.54. The van der Waals surface area contributed by atoms with Crippen LogP contribution < -0.4 is 10.1 Å². The Balaban J connectivity index is 1.68. The number of benzene rings is 1. The molecule has 1 atom stereocenters. The fraction of sp³-hybridized carbons (Fsp3) is 0.400. The molecule has 23 heavy (non-hydrogen) atoms. The van der Waals surface area contributed by atoms with E-state index in [1.165, 1.54) is 24.5 Å². The van der Waals surface area contributed by atoms with E-state index in [-0.39, 0.29) is 11.7 Å². The van der Waals surface area contributed by atoms with Crippen molar-refractivity contribution in [1.29, 1.82) is 0 Å². The second kappa shape index (κ2) is 6.27. The molecule has 0 saturated heterocycles. The number of rotatable bonds is 5. The Kier molecular flexibility index (Phi) is 4.34. The minimum absolute atomic E-state index is 0.252. The average molecular weight is 383 g/mol. The Morgan fingerprint density at radius 2 is 2.30 bits per heavy atom. The SMILES string of the molecule is C[C@@H](Oc1ccc(F)cc1Br)C(=O)NC1(c2ncn[nH]2)CCC1. The first-order valence-electron chi connectivity index (χ1n) is 7.30. The van der Waals surface area contributed by atoms with E-state index in [9.17, 15) is 9.18 Å². The highest BCUT2D eigenvalue weighted by Crippen LogP contribution is 2.39. The van der Waals surface area contributed by atoms with Crippen LogP contribution in [0.5, 0.6) is 5.75 Å². The summed E-state index contributed by atoms with van der Waals surface area (Å²) >= 11 is 3.22. The third-order valence-corrected chi connectivity index (χ3v) is 4.62. The van der Waals surface area contributed by atoms with Crippen LogP contribution in [0.2, 0.25) is 0 Å². The van der Waals surface area contributed by atoms with E-state index in [0.717, 1.165) is 19.3 Å². The van der Waals surface area contributed by atoms with E-state index in [1.807, 2.05) is 0 Å². The molecule has 1 amide bonds. The van der Waals surface area contributed by atoms with Crippen LogP contribution in [0.15, 0.2) is 29.0 Å². The predicted molar refractivity (Wildman–Crippen MR) is 84.2 cm³/mol. The van der Waals surface area contributed by atoms with Crippen molar-refractivity contribution in [2.24, 2.45) is 0 Å². The summed E-state index contributed by atoms with van der Waals surface area (Å²) in [6.07, 6.45) is 3.33. The van der Waals surface area contributed by atoms with Crippen molar-refractivity contribution in [2.45, 2.75) is 37.8 Å². The van der Waals surface area contributed by atoms with Gasteiger partial charge in [-0.2, -0.15) is 5.10 Å². The predicted octanol–water partition coefficient (Wildman–Crippen LogP) is 2.67. The lowest BCUT2D eigenvalue weighted by Crippen LogP contribution is -2.54. The van der Waals surface area contributed by atoms with Gasteiger partial charge in [-0.1, -0.05) is 0 Å². The molecule has 6 nitrogen and oxygen atoms in total. The van der Waals surface area contributed by atoms with Crippen LogP contribution in [0.3, 0.4) is 0 Å². The Labute approximate surface area is 141 Å². The van der Waals surface area contributed by atoms with Gasteiger partial charge in [0, 0.05) is 0 Å². The lowest BCUT2D eigenvalue weighted by Gasteiger charge is -2.41. The van der Waals surface area contributed by atoms with Gasteiger partial charge in [0.05, 0.1) is 10.0 Å². The number of halogens is 2. The summed E-state index contributed by atoms with van der Waals surface area (Å²) in [6, 6.07) is 4.06. The second-order valence-electron chi connectivity index (χ2n) is 5.59. The number of hydrogen-bond donors (Lipinski definition) is 2. The maximum absolute atomic E-state index is 13.1. The van der Waals surface area contributed by atoms with Gasteiger partial charge in [-0.3, -0.25) is 9.89 Å². The number of nitrogens with zero attached hydrogens (tertiary/aromatic N) is 2. The summed E-state index contributed by atoms with van der Waals surface area (Å²) < 4.78 is 19.2. The molecule has 1 aromatic heterocycles. The van der Waals surface area contributed by atoms with Crippen molar-refractivity contribution in [2.75, 3.05) is 0 Å². The van der Waals surface area contributed by atoms with Crippen molar-refractivity contribution < 1.29 is 13.9 Å². The van der Waals surface area contributed by atoms with Crippen molar-refractivity contribution in [1.82, 2.24) is 20.5 Å². The Morgan fingerprint density at radius 1 is 1.52 bits per heavy atom. The van der Waals surface area contributed by atoms with Crippen LogP contribution in [0.25, 0.3) is 0 Å². The van der Waals surface area contributed by atoms with Crippen molar-refractivity contribution in [3.8, 4) is 5.75 Å². The lowest BCUT2D eigenvalue weighted by atomic mass is 9.76. The maximum Gasteiger partial charge on any atom is 0.261 e. The molecule has 1 aliphatic rings. The van der Waals surface area contributed by atoms with Gasteiger partial charge in [-0.15, -0.1) is 0 Å². The quantitative estimate of drug-likeness (QED) is 0.832. The van der Waals surface area contributed by atoms with Gasteiger partial charge in [-0.25, -0.2) is 9.37 Å². The van der Waals surface area contributed by atoms with Gasteiger partial charge in [0.2, 0.25) is 0 Å². The molecule has 0 bridgehead atoms. The van der Waals surface area contributed by atoms with E-state index in [0.29, 0.717) is 16.0 Å². The third-order valence-electron chi connectivity index (χ3n) is 4.00. The molecule has 122 valence electrons. The third kappa shape index (κ3) is 3.21. The minimum Gasteiger partial charge on any atom is -0.480 e.